The van der Waals surface area contributed by atoms with Gasteiger partial charge in [0.25, 0.3) is 0 Å². The van der Waals surface area contributed by atoms with E-state index in [2.05, 4.69) is 10.4 Å². The second kappa shape index (κ2) is 6.11. The summed E-state index contributed by atoms with van der Waals surface area (Å²) in [4.78, 5) is 12.1. The highest BCUT2D eigenvalue weighted by molar-refractivity contribution is 5.49. The number of rotatable bonds is 5. The lowest BCUT2D eigenvalue weighted by Gasteiger charge is -2.26. The van der Waals surface area contributed by atoms with E-state index in [1.165, 1.54) is 13.1 Å². The molecule has 0 amide bonds. The van der Waals surface area contributed by atoms with Crippen LogP contribution in [-0.2, 0) is 11.8 Å². The van der Waals surface area contributed by atoms with Gasteiger partial charge in [0.05, 0.1) is 19.8 Å². The lowest BCUT2D eigenvalue weighted by Crippen LogP contribution is -2.33. The average molecular weight is 322 g/mol. The summed E-state index contributed by atoms with van der Waals surface area (Å²) < 4.78 is 27.3. The molecular weight excluding hydrogens is 303 g/mol. The van der Waals surface area contributed by atoms with Crippen molar-refractivity contribution >= 4 is 0 Å². The van der Waals surface area contributed by atoms with Gasteiger partial charge in [0, 0.05) is 19.0 Å². The Balaban J connectivity index is 2.03. The van der Waals surface area contributed by atoms with Gasteiger partial charge in [-0.1, -0.05) is 13.8 Å². The van der Waals surface area contributed by atoms with E-state index in [1.807, 2.05) is 13.8 Å². The van der Waals surface area contributed by atoms with Crippen LogP contribution in [0.25, 0.3) is 5.69 Å². The third-order valence-electron chi connectivity index (χ3n) is 3.83. The van der Waals surface area contributed by atoms with Gasteiger partial charge in [0.2, 0.25) is 0 Å². The standard InChI is InChI=1S/C15H19FN4O3/c1-9(2)11-4-13(20-15(21)19(3)17-18-20)14(5-12(11)16)23-8-10-6-22-7-10/h4-5,9-10H,6-8H2,1-3H3. The maximum absolute atomic E-state index is 14.3. The summed E-state index contributed by atoms with van der Waals surface area (Å²) >= 11 is 0. The van der Waals surface area contributed by atoms with E-state index in [-0.39, 0.29) is 23.4 Å². The van der Waals surface area contributed by atoms with Crippen molar-refractivity contribution in [3.63, 3.8) is 0 Å². The number of ether oxygens (including phenoxy) is 2. The molecule has 2 heterocycles. The van der Waals surface area contributed by atoms with E-state index in [0.717, 1.165) is 9.36 Å². The molecule has 0 bridgehead atoms. The van der Waals surface area contributed by atoms with Crippen molar-refractivity contribution in [3.8, 4) is 11.4 Å². The molecule has 1 aromatic heterocycles. The van der Waals surface area contributed by atoms with E-state index in [0.29, 0.717) is 31.1 Å². The highest BCUT2D eigenvalue weighted by Crippen LogP contribution is 2.30. The summed E-state index contributed by atoms with van der Waals surface area (Å²) in [5.41, 5.74) is 0.480. The molecule has 0 spiro atoms. The lowest BCUT2D eigenvalue weighted by atomic mass is 10.0. The highest BCUT2D eigenvalue weighted by atomic mass is 19.1. The van der Waals surface area contributed by atoms with Crippen molar-refractivity contribution in [2.45, 2.75) is 19.8 Å². The van der Waals surface area contributed by atoms with Crippen LogP contribution in [0.5, 0.6) is 5.75 Å². The van der Waals surface area contributed by atoms with Crippen LogP contribution in [0.2, 0.25) is 0 Å². The zero-order valence-electron chi connectivity index (χ0n) is 13.3. The second-order valence-corrected chi connectivity index (χ2v) is 6.01. The van der Waals surface area contributed by atoms with E-state index < -0.39 is 5.69 Å². The van der Waals surface area contributed by atoms with E-state index in [1.54, 1.807) is 6.07 Å². The lowest BCUT2D eigenvalue weighted by molar-refractivity contribution is -0.0508. The summed E-state index contributed by atoms with van der Waals surface area (Å²) in [6.45, 7) is 5.43. The van der Waals surface area contributed by atoms with Crippen molar-refractivity contribution in [2.24, 2.45) is 13.0 Å². The number of nitrogens with zero attached hydrogens (tertiary/aromatic N) is 4. The van der Waals surface area contributed by atoms with Gasteiger partial charge in [-0.15, -0.1) is 0 Å². The Kier molecular flexibility index (Phi) is 4.16. The topological polar surface area (TPSA) is 71.2 Å². The van der Waals surface area contributed by atoms with Gasteiger partial charge in [-0.2, -0.15) is 9.36 Å². The van der Waals surface area contributed by atoms with Crippen LogP contribution in [0, 0.1) is 11.7 Å². The molecule has 124 valence electrons. The molecule has 0 N–H and O–H groups in total. The molecule has 1 aliphatic heterocycles. The predicted molar refractivity (Wildman–Crippen MR) is 80.5 cm³/mol. The molecular formula is C15H19FN4O3. The first kappa shape index (κ1) is 15.7. The smallest absolute Gasteiger partial charge is 0.368 e. The van der Waals surface area contributed by atoms with Crippen LogP contribution in [0.15, 0.2) is 16.9 Å². The van der Waals surface area contributed by atoms with Gasteiger partial charge in [-0.3, -0.25) is 0 Å². The highest BCUT2D eigenvalue weighted by Gasteiger charge is 2.22. The van der Waals surface area contributed by atoms with Gasteiger partial charge in [0.1, 0.15) is 17.3 Å². The molecule has 1 saturated heterocycles. The average Bonchev–Trinajstić information content (AvgIpc) is 2.77. The maximum atomic E-state index is 14.3. The van der Waals surface area contributed by atoms with Crippen LogP contribution in [0.1, 0.15) is 25.3 Å². The number of halogens is 1. The summed E-state index contributed by atoms with van der Waals surface area (Å²) in [7, 11) is 1.50. The van der Waals surface area contributed by atoms with Gasteiger partial charge >= 0.3 is 5.69 Å². The van der Waals surface area contributed by atoms with Crippen LogP contribution < -0.4 is 10.4 Å². The summed E-state index contributed by atoms with van der Waals surface area (Å²) in [6.07, 6.45) is 0. The molecule has 0 atom stereocenters. The van der Waals surface area contributed by atoms with Gasteiger partial charge in [-0.05, 0) is 28.0 Å². The first-order valence-corrected chi connectivity index (χ1v) is 7.50. The van der Waals surface area contributed by atoms with Crippen LogP contribution in [-0.4, -0.2) is 39.6 Å². The molecule has 0 unspecified atom stereocenters. The Hall–Kier alpha value is -2.22. The van der Waals surface area contributed by atoms with E-state index >= 15 is 0 Å². The Bertz CT molecular complexity index is 765. The summed E-state index contributed by atoms with van der Waals surface area (Å²) in [5.74, 6) is 0.173. The normalized spacial score (nSPS) is 15.0. The number of benzene rings is 1. The Labute approximate surface area is 132 Å². The minimum absolute atomic E-state index is 0.0322. The molecule has 8 heteroatoms. The van der Waals surface area contributed by atoms with Gasteiger partial charge in [-0.25, -0.2) is 9.18 Å². The number of hydrogen-bond acceptors (Lipinski definition) is 5. The van der Waals surface area contributed by atoms with Crippen LogP contribution in [0.4, 0.5) is 4.39 Å². The Morgan fingerprint density at radius 3 is 2.65 bits per heavy atom. The monoisotopic (exact) mass is 322 g/mol. The second-order valence-electron chi connectivity index (χ2n) is 6.01. The fourth-order valence-corrected chi connectivity index (χ4v) is 2.34. The minimum atomic E-state index is -0.414. The SMILES string of the molecule is CC(C)c1cc(-n2nnn(C)c2=O)c(OCC2COC2)cc1F. The molecule has 0 saturated carbocycles. The molecule has 0 radical (unpaired) electrons. The number of tetrazole rings is 1. The molecule has 1 aromatic carbocycles. The third-order valence-corrected chi connectivity index (χ3v) is 3.83. The zero-order chi connectivity index (χ0) is 16.6. The van der Waals surface area contributed by atoms with Crippen molar-refractivity contribution in [1.82, 2.24) is 19.8 Å². The molecule has 7 nitrogen and oxygen atoms in total. The minimum Gasteiger partial charge on any atom is -0.491 e. The van der Waals surface area contributed by atoms with Crippen molar-refractivity contribution in [3.05, 3.63) is 34.0 Å². The molecule has 3 rings (SSSR count). The van der Waals surface area contributed by atoms with Crippen molar-refractivity contribution in [1.29, 1.82) is 0 Å². The Morgan fingerprint density at radius 2 is 2.13 bits per heavy atom. The van der Waals surface area contributed by atoms with Gasteiger partial charge < -0.3 is 9.47 Å². The third kappa shape index (κ3) is 2.98. The summed E-state index contributed by atoms with van der Waals surface area (Å²) in [5, 5.41) is 7.53. The molecule has 23 heavy (non-hydrogen) atoms. The zero-order valence-corrected chi connectivity index (χ0v) is 13.3. The number of aromatic nitrogens is 4. The predicted octanol–water partition coefficient (Wildman–Crippen LogP) is 1.25. The fraction of sp³-hybridized carbons (Fsp3) is 0.533. The molecule has 0 aliphatic carbocycles. The van der Waals surface area contributed by atoms with E-state index in [4.69, 9.17) is 9.47 Å². The molecule has 1 fully saturated rings. The quantitative estimate of drug-likeness (QED) is 0.828. The van der Waals surface area contributed by atoms with Gasteiger partial charge in [0.15, 0.2) is 0 Å². The first-order valence-electron chi connectivity index (χ1n) is 7.50. The van der Waals surface area contributed by atoms with Crippen LogP contribution >= 0.6 is 0 Å². The number of aryl methyl sites for hydroxylation is 1. The van der Waals surface area contributed by atoms with Crippen LogP contribution in [0.3, 0.4) is 0 Å². The van der Waals surface area contributed by atoms with E-state index in [9.17, 15) is 9.18 Å². The first-order chi connectivity index (χ1) is 11.0. The fourth-order valence-electron chi connectivity index (χ4n) is 2.34. The Morgan fingerprint density at radius 1 is 1.39 bits per heavy atom. The largest absolute Gasteiger partial charge is 0.491 e. The maximum Gasteiger partial charge on any atom is 0.368 e. The van der Waals surface area contributed by atoms with Crippen molar-refractivity contribution in [2.75, 3.05) is 19.8 Å². The molecule has 1 aliphatic rings. The number of hydrogen-bond donors (Lipinski definition) is 0. The summed E-state index contributed by atoms with van der Waals surface area (Å²) in [6, 6.07) is 2.91. The van der Waals surface area contributed by atoms with Crippen molar-refractivity contribution < 1.29 is 13.9 Å². The molecule has 2 aromatic rings.